The fourth-order valence-electron chi connectivity index (χ4n) is 3.42. The number of hydrogen-bond donors (Lipinski definition) is 1. The van der Waals surface area contributed by atoms with E-state index in [1.165, 1.54) is 12.1 Å². The topological polar surface area (TPSA) is 117 Å². The molecule has 1 aromatic heterocycles. The summed E-state index contributed by atoms with van der Waals surface area (Å²) in [7, 11) is 0. The molecule has 1 aliphatic rings. The fourth-order valence-corrected chi connectivity index (χ4v) is 3.86. The number of hydrogen-bond acceptors (Lipinski definition) is 7. The Morgan fingerprint density at radius 2 is 1.59 bits per heavy atom. The van der Waals surface area contributed by atoms with Crippen molar-refractivity contribution in [2.24, 2.45) is 0 Å². The average molecular weight is 580 g/mol. The Hall–Kier alpha value is -3.32. The first-order valence-corrected chi connectivity index (χ1v) is 11.2. The molecule has 2 aromatic carbocycles. The Morgan fingerprint density at radius 3 is 2.21 bits per heavy atom. The minimum absolute atomic E-state index is 0.129. The van der Waals surface area contributed by atoms with Gasteiger partial charge in [0.2, 0.25) is 0 Å². The van der Waals surface area contributed by atoms with Crippen LogP contribution in [0.4, 0.5) is 4.39 Å². The van der Waals surface area contributed by atoms with Crippen LogP contribution in [0.5, 0.6) is 0 Å². The van der Waals surface area contributed by atoms with Crippen molar-refractivity contribution in [1.29, 1.82) is 0 Å². The van der Waals surface area contributed by atoms with Crippen molar-refractivity contribution in [3.63, 3.8) is 0 Å². The van der Waals surface area contributed by atoms with Crippen molar-refractivity contribution in [1.82, 2.24) is 9.55 Å². The van der Waals surface area contributed by atoms with E-state index in [-0.39, 0.29) is 14.7 Å². The van der Waals surface area contributed by atoms with Crippen molar-refractivity contribution in [2.75, 3.05) is 6.61 Å². The van der Waals surface area contributed by atoms with Crippen LogP contribution in [-0.2, 0) is 14.2 Å². The number of benzene rings is 2. The Labute approximate surface area is 205 Å². The number of rotatable bonds is 6. The van der Waals surface area contributed by atoms with Crippen LogP contribution in [0.2, 0.25) is 0 Å². The first-order chi connectivity index (χ1) is 16.3. The molecule has 0 spiro atoms. The number of alkyl halides is 1. The molecule has 3 aromatic rings. The second kappa shape index (κ2) is 10.3. The summed E-state index contributed by atoms with van der Waals surface area (Å²) in [5.41, 5.74) is -1.06. The van der Waals surface area contributed by atoms with Gasteiger partial charge in [0.1, 0.15) is 12.7 Å². The van der Waals surface area contributed by atoms with Crippen LogP contribution < -0.4 is 11.2 Å². The largest absolute Gasteiger partial charge is 0.459 e. The second-order valence-electron chi connectivity index (χ2n) is 7.35. The van der Waals surface area contributed by atoms with E-state index in [2.05, 4.69) is 4.98 Å². The van der Waals surface area contributed by atoms with Gasteiger partial charge in [-0.3, -0.25) is 14.3 Å². The predicted octanol–water partition coefficient (Wildman–Crippen LogP) is 2.46. The van der Waals surface area contributed by atoms with E-state index in [1.807, 2.05) is 0 Å². The van der Waals surface area contributed by atoms with Gasteiger partial charge in [-0.1, -0.05) is 36.4 Å². The number of halogens is 2. The zero-order valence-corrected chi connectivity index (χ0v) is 19.6. The smallest absolute Gasteiger partial charge is 0.338 e. The average Bonchev–Trinajstić information content (AvgIpc) is 3.15. The number of esters is 2. The molecule has 1 fully saturated rings. The van der Waals surface area contributed by atoms with E-state index in [0.29, 0.717) is 0 Å². The summed E-state index contributed by atoms with van der Waals surface area (Å²) in [5.74, 6) is -1.48. The molecule has 34 heavy (non-hydrogen) atoms. The SMILES string of the molecule is O=C(OC[C@@H]1O[C@H](n2cc(I)c(=O)[nH]c2=O)[C@H](F)[C@H]1OC(=O)c1ccccc1)c1ccccc1. The fraction of sp³-hybridized carbons (Fsp3) is 0.217. The minimum Gasteiger partial charge on any atom is -0.459 e. The number of H-pyrrole nitrogens is 1. The first-order valence-electron chi connectivity index (χ1n) is 10.1. The minimum atomic E-state index is -1.99. The van der Waals surface area contributed by atoms with Gasteiger partial charge < -0.3 is 14.2 Å². The molecule has 176 valence electrons. The zero-order chi connectivity index (χ0) is 24.2. The number of aromatic amines is 1. The van der Waals surface area contributed by atoms with Crippen LogP contribution in [0, 0.1) is 3.57 Å². The predicted molar refractivity (Wildman–Crippen MR) is 125 cm³/mol. The van der Waals surface area contributed by atoms with E-state index in [0.717, 1.165) is 10.8 Å². The summed E-state index contributed by atoms with van der Waals surface area (Å²) in [6.45, 7) is -0.438. The lowest BCUT2D eigenvalue weighted by atomic mass is 10.1. The number of nitrogens with zero attached hydrogens (tertiary/aromatic N) is 1. The highest BCUT2D eigenvalue weighted by atomic mass is 127. The Morgan fingerprint density at radius 1 is 1.00 bits per heavy atom. The molecule has 4 rings (SSSR count). The third-order valence-electron chi connectivity index (χ3n) is 5.11. The molecule has 0 amide bonds. The summed E-state index contributed by atoms with van der Waals surface area (Å²) < 4.78 is 32.9. The van der Waals surface area contributed by atoms with Gasteiger partial charge in [-0.2, -0.15) is 0 Å². The molecule has 0 saturated carbocycles. The van der Waals surface area contributed by atoms with E-state index < -0.39 is 54.4 Å². The van der Waals surface area contributed by atoms with E-state index >= 15 is 4.39 Å². The highest BCUT2D eigenvalue weighted by molar-refractivity contribution is 14.1. The van der Waals surface area contributed by atoms with Gasteiger partial charge in [-0.15, -0.1) is 0 Å². The maximum atomic E-state index is 15.5. The molecular formula is C23H18FIN2O7. The highest BCUT2D eigenvalue weighted by Crippen LogP contribution is 2.34. The summed E-state index contributed by atoms with van der Waals surface area (Å²) in [6, 6.07) is 16.1. The number of carbonyl (C=O) groups is 2. The van der Waals surface area contributed by atoms with Crippen molar-refractivity contribution in [3.8, 4) is 0 Å². The van der Waals surface area contributed by atoms with Crippen LogP contribution in [0.1, 0.15) is 26.9 Å². The van der Waals surface area contributed by atoms with Crippen molar-refractivity contribution >= 4 is 34.5 Å². The van der Waals surface area contributed by atoms with Crippen LogP contribution >= 0.6 is 22.6 Å². The van der Waals surface area contributed by atoms with Gasteiger partial charge in [0, 0.05) is 6.20 Å². The lowest BCUT2D eigenvalue weighted by molar-refractivity contribution is -0.0592. The van der Waals surface area contributed by atoms with E-state index in [9.17, 15) is 19.2 Å². The van der Waals surface area contributed by atoms with Gasteiger partial charge in [-0.25, -0.2) is 18.8 Å². The molecule has 2 heterocycles. The maximum absolute atomic E-state index is 15.5. The first kappa shape index (κ1) is 23.8. The number of carbonyl (C=O) groups excluding carboxylic acids is 2. The molecule has 11 heteroatoms. The molecule has 0 unspecified atom stereocenters. The molecule has 0 aliphatic carbocycles. The van der Waals surface area contributed by atoms with Crippen molar-refractivity contribution in [3.05, 3.63) is 102 Å². The van der Waals surface area contributed by atoms with E-state index in [1.54, 1.807) is 71.1 Å². The third-order valence-corrected chi connectivity index (χ3v) is 5.87. The van der Waals surface area contributed by atoms with Gasteiger partial charge in [0.15, 0.2) is 18.5 Å². The molecule has 0 bridgehead atoms. The van der Waals surface area contributed by atoms with Gasteiger partial charge in [-0.05, 0) is 46.9 Å². The van der Waals surface area contributed by atoms with Crippen LogP contribution in [0.25, 0.3) is 0 Å². The quantitative estimate of drug-likeness (QED) is 0.352. The van der Waals surface area contributed by atoms with Gasteiger partial charge in [0.25, 0.3) is 5.56 Å². The normalized spacial score (nSPS) is 21.7. The third kappa shape index (κ3) is 5.09. The lowest BCUT2D eigenvalue weighted by Crippen LogP contribution is -2.39. The standard InChI is InChI=1S/C23H18FIN2O7/c24-17-18(34-22(30)14-9-5-2-6-10-14)16(12-32-21(29)13-7-3-1-4-8-13)33-20(17)27-11-15(25)19(28)26-23(27)31/h1-11,16-18,20H,12H2,(H,26,28,31)/t16-,17+,18-,20-/m0/s1. The number of ether oxygens (including phenoxy) is 3. The van der Waals surface area contributed by atoms with E-state index in [4.69, 9.17) is 14.2 Å². The van der Waals surface area contributed by atoms with Gasteiger partial charge in [0.05, 0.1) is 14.7 Å². The summed E-state index contributed by atoms with van der Waals surface area (Å²) in [5, 5.41) is 0. The molecule has 9 nitrogen and oxygen atoms in total. The van der Waals surface area contributed by atoms with Gasteiger partial charge >= 0.3 is 17.6 Å². The molecule has 4 atom stereocenters. The zero-order valence-electron chi connectivity index (χ0n) is 17.4. The monoisotopic (exact) mass is 580 g/mol. The van der Waals surface area contributed by atoms with Crippen LogP contribution in [0.15, 0.2) is 76.4 Å². The van der Waals surface area contributed by atoms with Crippen molar-refractivity contribution < 1.29 is 28.2 Å². The molecule has 1 aliphatic heterocycles. The maximum Gasteiger partial charge on any atom is 0.338 e. The molecule has 1 N–H and O–H groups in total. The summed E-state index contributed by atoms with van der Waals surface area (Å²) >= 11 is 1.69. The Bertz CT molecular complexity index is 1300. The van der Waals surface area contributed by atoms with Crippen LogP contribution in [-0.4, -0.2) is 46.5 Å². The Kier molecular flexibility index (Phi) is 7.22. The number of nitrogens with one attached hydrogen (secondary N) is 1. The molecular weight excluding hydrogens is 562 g/mol. The second-order valence-corrected chi connectivity index (χ2v) is 8.52. The highest BCUT2D eigenvalue weighted by Gasteiger charge is 2.49. The molecule has 1 saturated heterocycles. The van der Waals surface area contributed by atoms with Crippen molar-refractivity contribution in [2.45, 2.75) is 24.6 Å². The number of aromatic nitrogens is 2. The Balaban J connectivity index is 1.59. The summed E-state index contributed by atoms with van der Waals surface area (Å²) in [4.78, 5) is 51.0. The molecule has 0 radical (unpaired) electrons. The lowest BCUT2D eigenvalue weighted by Gasteiger charge is -2.19. The van der Waals surface area contributed by atoms with Crippen LogP contribution in [0.3, 0.4) is 0 Å². The summed E-state index contributed by atoms with van der Waals surface area (Å²) in [6.07, 6.45) is -5.07.